The molecule has 3 rings (SSSR count). The van der Waals surface area contributed by atoms with Crippen molar-refractivity contribution >= 4 is 34.8 Å². The summed E-state index contributed by atoms with van der Waals surface area (Å²) >= 11 is 5.70. The number of halogens is 2. The minimum absolute atomic E-state index is 0.0576. The molecule has 0 bridgehead atoms. The van der Waals surface area contributed by atoms with Crippen molar-refractivity contribution in [2.75, 3.05) is 10.6 Å². The maximum absolute atomic E-state index is 13.1. The van der Waals surface area contributed by atoms with Gasteiger partial charge in [-0.2, -0.15) is 0 Å². The summed E-state index contributed by atoms with van der Waals surface area (Å²) in [7, 11) is 0. The Morgan fingerprint density at radius 3 is 2.40 bits per heavy atom. The van der Waals surface area contributed by atoms with E-state index in [1.807, 2.05) is 32.0 Å². The standard InChI is InChI=1S/C19H18ClFN2O2/c1-10-3-4-11(2)17(7-10)23-19(25)14-9-13(14)18(24)22-12-5-6-16(21)15(20)8-12/h3-8,13-14H,9H2,1-2H3,(H,22,24)(H,23,25). The van der Waals surface area contributed by atoms with Crippen molar-refractivity contribution < 1.29 is 14.0 Å². The lowest BCUT2D eigenvalue weighted by Gasteiger charge is -2.09. The number of hydrogen-bond acceptors (Lipinski definition) is 2. The fourth-order valence-electron chi connectivity index (χ4n) is 2.68. The highest BCUT2D eigenvalue weighted by Crippen LogP contribution is 2.40. The number of carbonyl (C=O) groups excluding carboxylic acids is 2. The van der Waals surface area contributed by atoms with E-state index in [1.54, 1.807) is 0 Å². The lowest BCUT2D eigenvalue weighted by atomic mass is 10.1. The van der Waals surface area contributed by atoms with Gasteiger partial charge >= 0.3 is 0 Å². The summed E-state index contributed by atoms with van der Waals surface area (Å²) in [5.41, 5.74) is 3.21. The third-order valence-corrected chi connectivity index (χ3v) is 4.59. The van der Waals surface area contributed by atoms with Gasteiger partial charge in [0.2, 0.25) is 11.8 Å². The van der Waals surface area contributed by atoms with Gasteiger partial charge in [0.15, 0.2) is 0 Å². The molecule has 1 aliphatic carbocycles. The van der Waals surface area contributed by atoms with Crippen molar-refractivity contribution in [3.8, 4) is 0 Å². The molecule has 1 aliphatic rings. The maximum Gasteiger partial charge on any atom is 0.228 e. The molecule has 2 N–H and O–H groups in total. The molecule has 2 amide bonds. The molecule has 1 saturated carbocycles. The van der Waals surface area contributed by atoms with Crippen LogP contribution in [0.15, 0.2) is 36.4 Å². The molecule has 130 valence electrons. The number of nitrogens with one attached hydrogen (secondary N) is 2. The molecule has 0 heterocycles. The number of rotatable bonds is 4. The summed E-state index contributed by atoms with van der Waals surface area (Å²) < 4.78 is 13.1. The van der Waals surface area contributed by atoms with Crippen LogP contribution in [0.4, 0.5) is 15.8 Å². The van der Waals surface area contributed by atoms with Crippen LogP contribution < -0.4 is 10.6 Å². The van der Waals surface area contributed by atoms with Gasteiger partial charge < -0.3 is 10.6 Å². The lowest BCUT2D eigenvalue weighted by Crippen LogP contribution is -2.21. The van der Waals surface area contributed by atoms with Gasteiger partial charge in [0, 0.05) is 11.4 Å². The Morgan fingerprint density at radius 1 is 1.04 bits per heavy atom. The summed E-state index contributed by atoms with van der Waals surface area (Å²) in [5, 5.41) is 5.50. The summed E-state index contributed by atoms with van der Waals surface area (Å²) in [5.74, 6) is -1.70. The first-order chi connectivity index (χ1) is 11.8. The number of anilines is 2. The molecular weight excluding hydrogens is 343 g/mol. The van der Waals surface area contributed by atoms with E-state index in [0.29, 0.717) is 12.1 Å². The molecule has 6 heteroatoms. The topological polar surface area (TPSA) is 58.2 Å². The Balaban J connectivity index is 1.59. The van der Waals surface area contributed by atoms with E-state index < -0.39 is 5.82 Å². The minimum Gasteiger partial charge on any atom is -0.326 e. The predicted molar refractivity (Wildman–Crippen MR) is 96.2 cm³/mol. The van der Waals surface area contributed by atoms with Gasteiger partial charge in [0.05, 0.1) is 16.9 Å². The van der Waals surface area contributed by atoms with Crippen molar-refractivity contribution in [3.05, 3.63) is 58.4 Å². The van der Waals surface area contributed by atoms with Crippen LogP contribution in [0.1, 0.15) is 17.5 Å². The Hall–Kier alpha value is -2.40. The second-order valence-corrected chi connectivity index (χ2v) is 6.78. The van der Waals surface area contributed by atoms with Gasteiger partial charge in [0.25, 0.3) is 0 Å². The zero-order valence-electron chi connectivity index (χ0n) is 13.9. The summed E-state index contributed by atoms with van der Waals surface area (Å²) in [6.45, 7) is 3.88. The average molecular weight is 361 g/mol. The highest BCUT2D eigenvalue weighted by Gasteiger charge is 2.48. The van der Waals surface area contributed by atoms with E-state index in [4.69, 9.17) is 11.6 Å². The highest BCUT2D eigenvalue weighted by atomic mass is 35.5. The molecule has 2 unspecified atom stereocenters. The van der Waals surface area contributed by atoms with Crippen LogP contribution in [-0.4, -0.2) is 11.8 Å². The van der Waals surface area contributed by atoms with Crippen LogP contribution >= 0.6 is 11.6 Å². The van der Waals surface area contributed by atoms with Crippen molar-refractivity contribution in [2.24, 2.45) is 11.8 Å². The van der Waals surface area contributed by atoms with Crippen molar-refractivity contribution in [3.63, 3.8) is 0 Å². The maximum atomic E-state index is 13.1. The second-order valence-electron chi connectivity index (χ2n) is 6.37. The number of amides is 2. The SMILES string of the molecule is Cc1ccc(C)c(NC(=O)C2CC2C(=O)Nc2ccc(F)c(Cl)c2)c1. The highest BCUT2D eigenvalue weighted by molar-refractivity contribution is 6.31. The zero-order valence-corrected chi connectivity index (χ0v) is 14.7. The van der Waals surface area contributed by atoms with Gasteiger partial charge in [-0.25, -0.2) is 4.39 Å². The molecule has 0 radical (unpaired) electrons. The summed E-state index contributed by atoms with van der Waals surface area (Å²) in [4.78, 5) is 24.6. The monoisotopic (exact) mass is 360 g/mol. The molecule has 2 atom stereocenters. The molecule has 0 saturated heterocycles. The summed E-state index contributed by atoms with van der Waals surface area (Å²) in [6.07, 6.45) is 0.497. The quantitative estimate of drug-likeness (QED) is 0.853. The fraction of sp³-hybridized carbons (Fsp3) is 0.263. The van der Waals surface area contributed by atoms with Crippen LogP contribution in [0.25, 0.3) is 0 Å². The van der Waals surface area contributed by atoms with Crippen LogP contribution in [0, 0.1) is 31.5 Å². The first-order valence-electron chi connectivity index (χ1n) is 7.99. The van der Waals surface area contributed by atoms with E-state index in [0.717, 1.165) is 16.8 Å². The minimum atomic E-state index is -0.545. The van der Waals surface area contributed by atoms with Crippen molar-refractivity contribution in [2.45, 2.75) is 20.3 Å². The smallest absolute Gasteiger partial charge is 0.228 e. The normalized spacial score (nSPS) is 18.6. The van der Waals surface area contributed by atoms with E-state index in [9.17, 15) is 14.0 Å². The van der Waals surface area contributed by atoms with Gasteiger partial charge in [-0.1, -0.05) is 23.7 Å². The molecule has 2 aromatic carbocycles. The van der Waals surface area contributed by atoms with Crippen LogP contribution in [0.5, 0.6) is 0 Å². The van der Waals surface area contributed by atoms with Gasteiger partial charge in [-0.05, 0) is 55.7 Å². The Morgan fingerprint density at radius 2 is 1.72 bits per heavy atom. The Labute approximate surface area is 150 Å². The lowest BCUT2D eigenvalue weighted by molar-refractivity contribution is -0.122. The molecule has 0 aliphatic heterocycles. The van der Waals surface area contributed by atoms with Crippen molar-refractivity contribution in [1.29, 1.82) is 0 Å². The summed E-state index contributed by atoms with van der Waals surface area (Å²) in [6, 6.07) is 9.81. The second kappa shape index (κ2) is 6.84. The van der Waals surface area contributed by atoms with E-state index in [2.05, 4.69) is 10.6 Å². The van der Waals surface area contributed by atoms with Crippen LogP contribution in [0.2, 0.25) is 5.02 Å². The average Bonchev–Trinajstić information content (AvgIpc) is 3.35. The molecule has 2 aromatic rings. The van der Waals surface area contributed by atoms with Gasteiger partial charge in [-0.3, -0.25) is 9.59 Å². The first-order valence-corrected chi connectivity index (χ1v) is 8.37. The molecule has 0 spiro atoms. The Kier molecular flexibility index (Phi) is 4.77. The number of carbonyl (C=O) groups is 2. The Bertz CT molecular complexity index is 853. The zero-order chi connectivity index (χ0) is 18.1. The first kappa shape index (κ1) is 17.4. The fourth-order valence-corrected chi connectivity index (χ4v) is 2.86. The van der Waals surface area contributed by atoms with Gasteiger partial charge in [0.1, 0.15) is 5.82 Å². The van der Waals surface area contributed by atoms with Crippen LogP contribution in [-0.2, 0) is 9.59 Å². The van der Waals surface area contributed by atoms with E-state index in [1.165, 1.54) is 18.2 Å². The number of hydrogen-bond donors (Lipinski definition) is 2. The predicted octanol–water partition coefficient (Wildman–Crippen LogP) is 4.31. The van der Waals surface area contributed by atoms with Gasteiger partial charge in [-0.15, -0.1) is 0 Å². The van der Waals surface area contributed by atoms with Crippen molar-refractivity contribution in [1.82, 2.24) is 0 Å². The largest absolute Gasteiger partial charge is 0.326 e. The third-order valence-electron chi connectivity index (χ3n) is 4.30. The molecule has 1 fully saturated rings. The number of benzene rings is 2. The molecule has 25 heavy (non-hydrogen) atoms. The number of aryl methyl sites for hydroxylation is 2. The third kappa shape index (κ3) is 3.99. The molecular formula is C19H18ClFN2O2. The van der Waals surface area contributed by atoms with E-state index in [-0.39, 0.29) is 28.7 Å². The molecule has 0 aromatic heterocycles. The van der Waals surface area contributed by atoms with Crippen LogP contribution in [0.3, 0.4) is 0 Å². The molecule has 4 nitrogen and oxygen atoms in total. The van der Waals surface area contributed by atoms with E-state index >= 15 is 0 Å².